The number of guanidine groups is 1. The minimum Gasteiger partial charge on any atom is -0.474 e. The molecule has 1 aliphatic carbocycles. The number of carbonyl (C=O) groups is 1. The molecule has 1 saturated carbocycles. The van der Waals surface area contributed by atoms with Crippen LogP contribution in [0.2, 0.25) is 0 Å². The number of hydrogen-bond acceptors (Lipinski definition) is 4. The minimum absolute atomic E-state index is 0.288. The molecule has 166 valence electrons. The van der Waals surface area contributed by atoms with Gasteiger partial charge in [0.25, 0.3) is 0 Å². The van der Waals surface area contributed by atoms with Crippen LogP contribution < -0.4 is 15.4 Å². The molecular weight excluding hydrogens is 378 g/mol. The number of amides is 1. The standard InChI is InChI=1S/C23H37N5O2/c1-2-24-23(26-15-9-17-28-16-7-3-4-13-21(28)29)27-18-19-10-8-14-25-22(19)30-20-11-5-6-12-20/h8,10,14,20H,2-7,9,11-13,15-18H2,1H3,(H2,24,26,27). The van der Waals surface area contributed by atoms with Crippen molar-refractivity contribution in [3.8, 4) is 5.88 Å². The fourth-order valence-corrected chi connectivity index (χ4v) is 4.07. The van der Waals surface area contributed by atoms with E-state index in [1.165, 1.54) is 19.3 Å². The van der Waals surface area contributed by atoms with Gasteiger partial charge in [0, 0.05) is 44.4 Å². The number of rotatable bonds is 9. The Bertz CT molecular complexity index is 688. The number of likely N-dealkylation sites (tertiary alicyclic amines) is 1. The van der Waals surface area contributed by atoms with Gasteiger partial charge in [-0.3, -0.25) is 4.79 Å². The molecule has 0 spiro atoms. The molecule has 3 rings (SSSR count). The molecular formula is C23H37N5O2. The van der Waals surface area contributed by atoms with E-state index in [9.17, 15) is 4.79 Å². The lowest BCUT2D eigenvalue weighted by atomic mass is 10.2. The van der Waals surface area contributed by atoms with Crippen molar-refractivity contribution in [2.45, 2.75) is 77.4 Å². The molecule has 1 saturated heterocycles. The molecule has 1 aromatic rings. The van der Waals surface area contributed by atoms with Crippen molar-refractivity contribution in [2.75, 3.05) is 26.2 Å². The predicted molar refractivity (Wildman–Crippen MR) is 120 cm³/mol. The molecule has 0 aromatic carbocycles. The quantitative estimate of drug-likeness (QED) is 0.368. The van der Waals surface area contributed by atoms with E-state index in [2.05, 4.69) is 22.5 Å². The zero-order chi connectivity index (χ0) is 21.0. The van der Waals surface area contributed by atoms with Crippen molar-refractivity contribution in [3.05, 3.63) is 23.9 Å². The molecule has 0 radical (unpaired) electrons. The van der Waals surface area contributed by atoms with Crippen LogP contribution in [0, 0.1) is 0 Å². The van der Waals surface area contributed by atoms with Crippen molar-refractivity contribution in [1.82, 2.24) is 20.5 Å². The van der Waals surface area contributed by atoms with E-state index in [-0.39, 0.29) is 6.10 Å². The molecule has 7 heteroatoms. The molecule has 0 unspecified atom stereocenters. The first kappa shape index (κ1) is 22.4. The van der Waals surface area contributed by atoms with Crippen molar-refractivity contribution in [1.29, 1.82) is 0 Å². The summed E-state index contributed by atoms with van der Waals surface area (Å²) in [5.74, 6) is 1.80. The van der Waals surface area contributed by atoms with E-state index < -0.39 is 0 Å². The van der Waals surface area contributed by atoms with E-state index >= 15 is 0 Å². The van der Waals surface area contributed by atoms with E-state index in [4.69, 9.17) is 9.73 Å². The Morgan fingerprint density at radius 2 is 2.10 bits per heavy atom. The maximum absolute atomic E-state index is 12.1. The Labute approximate surface area is 180 Å². The molecule has 2 N–H and O–H groups in total. The Kier molecular flexibility index (Phi) is 9.25. The number of hydrogen-bond donors (Lipinski definition) is 2. The van der Waals surface area contributed by atoms with Crippen molar-refractivity contribution in [2.24, 2.45) is 4.99 Å². The zero-order valence-corrected chi connectivity index (χ0v) is 18.4. The summed E-state index contributed by atoms with van der Waals surface area (Å²) in [5, 5.41) is 6.69. The van der Waals surface area contributed by atoms with Gasteiger partial charge in [-0.2, -0.15) is 0 Å². The van der Waals surface area contributed by atoms with Crippen molar-refractivity contribution >= 4 is 11.9 Å². The SMILES string of the molecule is CCNC(=NCc1cccnc1OC1CCCC1)NCCCN1CCCCCC1=O. The van der Waals surface area contributed by atoms with Crippen LogP contribution in [-0.2, 0) is 11.3 Å². The summed E-state index contributed by atoms with van der Waals surface area (Å²) in [6.45, 7) is 5.88. The lowest BCUT2D eigenvalue weighted by Crippen LogP contribution is -2.39. The van der Waals surface area contributed by atoms with Crippen LogP contribution in [0.15, 0.2) is 23.3 Å². The first-order chi connectivity index (χ1) is 14.8. The number of aromatic nitrogens is 1. The highest BCUT2D eigenvalue weighted by atomic mass is 16.5. The maximum Gasteiger partial charge on any atom is 0.222 e. The summed E-state index contributed by atoms with van der Waals surface area (Å²) in [6.07, 6.45) is 11.7. The summed E-state index contributed by atoms with van der Waals surface area (Å²) in [4.78, 5) is 23.3. The Morgan fingerprint density at radius 1 is 1.23 bits per heavy atom. The van der Waals surface area contributed by atoms with Gasteiger partial charge in [0.05, 0.1) is 6.54 Å². The maximum atomic E-state index is 12.1. The highest BCUT2D eigenvalue weighted by Crippen LogP contribution is 2.25. The van der Waals surface area contributed by atoms with Gasteiger partial charge >= 0.3 is 0 Å². The Balaban J connectivity index is 1.49. The first-order valence-corrected chi connectivity index (χ1v) is 11.7. The smallest absolute Gasteiger partial charge is 0.222 e. The van der Waals surface area contributed by atoms with E-state index in [1.54, 1.807) is 6.20 Å². The number of pyridine rings is 1. The first-order valence-electron chi connectivity index (χ1n) is 11.7. The molecule has 7 nitrogen and oxygen atoms in total. The van der Waals surface area contributed by atoms with Gasteiger partial charge in [0.15, 0.2) is 5.96 Å². The normalized spacial score (nSPS) is 18.4. The van der Waals surface area contributed by atoms with Gasteiger partial charge in [-0.05, 0) is 57.9 Å². The summed E-state index contributed by atoms with van der Waals surface area (Å²) in [5.41, 5.74) is 1.01. The monoisotopic (exact) mass is 415 g/mol. The van der Waals surface area contributed by atoms with Gasteiger partial charge in [-0.25, -0.2) is 9.98 Å². The molecule has 1 aliphatic heterocycles. The highest BCUT2D eigenvalue weighted by molar-refractivity contribution is 5.79. The second-order valence-electron chi connectivity index (χ2n) is 8.16. The molecule has 1 aromatic heterocycles. The van der Waals surface area contributed by atoms with Crippen LogP contribution in [0.3, 0.4) is 0 Å². The minimum atomic E-state index is 0.288. The Hall–Kier alpha value is -2.31. The molecule has 2 fully saturated rings. The summed E-state index contributed by atoms with van der Waals surface area (Å²) >= 11 is 0. The number of nitrogens with one attached hydrogen (secondary N) is 2. The summed E-state index contributed by atoms with van der Waals surface area (Å²) < 4.78 is 6.13. The molecule has 2 aliphatic rings. The topological polar surface area (TPSA) is 78.9 Å². The van der Waals surface area contributed by atoms with Crippen LogP contribution in [0.4, 0.5) is 0 Å². The van der Waals surface area contributed by atoms with Gasteiger partial charge in [-0.15, -0.1) is 0 Å². The average molecular weight is 416 g/mol. The Morgan fingerprint density at radius 3 is 2.93 bits per heavy atom. The molecule has 0 atom stereocenters. The van der Waals surface area contributed by atoms with Gasteiger partial charge < -0.3 is 20.3 Å². The van der Waals surface area contributed by atoms with Crippen LogP contribution in [0.1, 0.15) is 70.3 Å². The lowest BCUT2D eigenvalue weighted by molar-refractivity contribution is -0.130. The van der Waals surface area contributed by atoms with Gasteiger partial charge in [0.2, 0.25) is 11.8 Å². The largest absolute Gasteiger partial charge is 0.474 e. The number of carbonyl (C=O) groups excluding carboxylic acids is 1. The van der Waals surface area contributed by atoms with Crippen LogP contribution in [-0.4, -0.2) is 54.0 Å². The van der Waals surface area contributed by atoms with Crippen LogP contribution >= 0.6 is 0 Å². The van der Waals surface area contributed by atoms with E-state index in [0.29, 0.717) is 24.8 Å². The van der Waals surface area contributed by atoms with Crippen LogP contribution in [0.5, 0.6) is 5.88 Å². The second kappa shape index (κ2) is 12.4. The third-order valence-corrected chi connectivity index (χ3v) is 5.75. The van der Waals surface area contributed by atoms with Gasteiger partial charge in [-0.1, -0.05) is 12.5 Å². The van der Waals surface area contributed by atoms with Crippen molar-refractivity contribution in [3.63, 3.8) is 0 Å². The number of ether oxygens (including phenoxy) is 1. The highest BCUT2D eigenvalue weighted by Gasteiger charge is 2.18. The third kappa shape index (κ3) is 7.18. The fraction of sp³-hybridized carbons (Fsp3) is 0.696. The molecule has 1 amide bonds. The third-order valence-electron chi connectivity index (χ3n) is 5.75. The summed E-state index contributed by atoms with van der Waals surface area (Å²) in [7, 11) is 0. The predicted octanol–water partition coefficient (Wildman–Crippen LogP) is 3.25. The summed E-state index contributed by atoms with van der Waals surface area (Å²) in [6, 6.07) is 3.97. The molecule has 2 heterocycles. The average Bonchev–Trinajstić information content (AvgIpc) is 3.18. The molecule has 30 heavy (non-hydrogen) atoms. The fourth-order valence-electron chi connectivity index (χ4n) is 4.07. The van der Waals surface area contributed by atoms with E-state index in [1.807, 2.05) is 17.0 Å². The zero-order valence-electron chi connectivity index (χ0n) is 18.4. The lowest BCUT2D eigenvalue weighted by Gasteiger charge is -2.20. The van der Waals surface area contributed by atoms with E-state index in [0.717, 1.165) is 69.8 Å². The van der Waals surface area contributed by atoms with Crippen LogP contribution in [0.25, 0.3) is 0 Å². The number of aliphatic imine (C=N–C) groups is 1. The number of nitrogens with zero attached hydrogens (tertiary/aromatic N) is 3. The molecule has 0 bridgehead atoms. The second-order valence-corrected chi connectivity index (χ2v) is 8.16. The van der Waals surface area contributed by atoms with Gasteiger partial charge in [0.1, 0.15) is 6.10 Å². The van der Waals surface area contributed by atoms with Crippen molar-refractivity contribution < 1.29 is 9.53 Å².